The number of ether oxygens (including phenoxy) is 3. The van der Waals surface area contributed by atoms with Crippen LogP contribution in [0.1, 0.15) is 53.6 Å². The Bertz CT molecular complexity index is 2140. The van der Waals surface area contributed by atoms with E-state index in [0.29, 0.717) is 69.4 Å². The van der Waals surface area contributed by atoms with E-state index in [1.165, 1.54) is 61.0 Å². The molecule has 19 nitrogen and oxygen atoms in total. The van der Waals surface area contributed by atoms with Crippen LogP contribution >= 0.6 is 0 Å². The molecular formula is C31H36N10O9. The van der Waals surface area contributed by atoms with Crippen LogP contribution in [0.15, 0.2) is 37.4 Å². The maximum atomic E-state index is 12.2. The molecule has 264 valence electrons. The van der Waals surface area contributed by atoms with E-state index in [-0.39, 0.29) is 18.6 Å². The highest BCUT2D eigenvalue weighted by molar-refractivity contribution is 6.43. The average molecular weight is 693 g/mol. The number of pyridine rings is 2. The number of nitrogens with one attached hydrogen (secondary N) is 2. The van der Waals surface area contributed by atoms with Gasteiger partial charge in [-0.1, -0.05) is 21.3 Å². The highest BCUT2D eigenvalue weighted by atomic mass is 16.5. The van der Waals surface area contributed by atoms with E-state index >= 15 is 0 Å². The minimum Gasteiger partial charge on any atom is -0.494 e. The van der Waals surface area contributed by atoms with Crippen LogP contribution < -0.4 is 9.47 Å². The van der Waals surface area contributed by atoms with Crippen LogP contribution in [0, 0.1) is 0 Å². The van der Waals surface area contributed by atoms with Crippen LogP contribution in [0.4, 0.5) is 0 Å². The fourth-order valence-electron chi connectivity index (χ4n) is 4.66. The molecule has 6 aromatic heterocycles. The second-order valence-corrected chi connectivity index (χ2v) is 9.58. The molecule has 0 unspecified atom stereocenters. The number of aryl methyl sites for hydroxylation is 2. The van der Waals surface area contributed by atoms with Crippen molar-refractivity contribution in [3.05, 3.63) is 60.2 Å². The molecule has 0 aliphatic carbocycles. The third-order valence-corrected chi connectivity index (χ3v) is 6.95. The van der Waals surface area contributed by atoms with E-state index in [9.17, 15) is 19.2 Å². The maximum Gasteiger partial charge on any atom is 0.379 e. The summed E-state index contributed by atoms with van der Waals surface area (Å²) in [7, 11) is 5.03. The van der Waals surface area contributed by atoms with E-state index in [1.807, 2.05) is 13.8 Å². The first-order chi connectivity index (χ1) is 23.7. The molecule has 6 heterocycles. The number of carbonyl (C=O) groups is 4. The highest BCUT2D eigenvalue weighted by Gasteiger charge is 2.26. The number of esters is 1. The summed E-state index contributed by atoms with van der Waals surface area (Å²) in [5.41, 5.74) is 1.10. The summed E-state index contributed by atoms with van der Waals surface area (Å²) in [6, 6.07) is 0. The molecule has 0 radical (unpaired) electrons. The minimum atomic E-state index is -1.54. The number of nitrogens with zero attached hydrogens (tertiary/aromatic N) is 8. The number of methoxy groups -OCH3 is 3. The van der Waals surface area contributed by atoms with Gasteiger partial charge in [0, 0.05) is 32.3 Å². The zero-order chi connectivity index (χ0) is 35.8. The highest BCUT2D eigenvalue weighted by Crippen LogP contribution is 2.33. The number of aromatic nitrogens is 10. The first-order valence-electron chi connectivity index (χ1n) is 14.4. The van der Waals surface area contributed by atoms with Gasteiger partial charge in [0.05, 0.1) is 66.7 Å². The number of carboxylic acid groups (broad SMARTS) is 1. The van der Waals surface area contributed by atoms with Crippen molar-refractivity contribution in [3.63, 3.8) is 0 Å². The van der Waals surface area contributed by atoms with Gasteiger partial charge in [0.15, 0.2) is 23.3 Å². The van der Waals surface area contributed by atoms with Gasteiger partial charge < -0.3 is 34.4 Å². The first kappa shape index (κ1) is 38.0. The number of carbonyl (C=O) groups excluding carboxylic acids is 3. The second kappa shape index (κ2) is 16.6. The molecule has 0 fully saturated rings. The fraction of sp³-hybridized carbons (Fsp3) is 0.290. The van der Waals surface area contributed by atoms with Crippen molar-refractivity contribution < 1.29 is 43.6 Å². The van der Waals surface area contributed by atoms with E-state index < -0.39 is 23.5 Å². The number of aliphatic carboxylic acids is 1. The number of Topliss-reactive ketones (excluding diaryl/α,β-unsaturated/α-hetero) is 2. The Morgan fingerprint density at radius 2 is 1.14 bits per heavy atom. The number of fused-ring (bicyclic) bond motifs is 2. The molecule has 0 amide bonds. The van der Waals surface area contributed by atoms with Gasteiger partial charge >= 0.3 is 11.9 Å². The molecule has 0 spiro atoms. The molecule has 0 saturated heterocycles. The van der Waals surface area contributed by atoms with Crippen LogP contribution in [0.3, 0.4) is 0 Å². The fourth-order valence-corrected chi connectivity index (χ4v) is 4.66. The largest absolute Gasteiger partial charge is 0.494 e. The topological polar surface area (TPSA) is 255 Å². The Balaban J connectivity index is 0.000000253. The lowest BCUT2D eigenvalue weighted by molar-refractivity contribution is -0.135. The van der Waals surface area contributed by atoms with Gasteiger partial charge in [-0.15, -0.1) is 10.2 Å². The number of ketones is 2. The Morgan fingerprint density at radius 1 is 0.720 bits per heavy atom. The number of aliphatic hydroxyl groups excluding tert-OH is 1. The van der Waals surface area contributed by atoms with Crippen LogP contribution in [0.5, 0.6) is 11.5 Å². The quantitative estimate of drug-likeness (QED) is 0.0912. The SMILES string of the molecule is C.CCc1ncn(-c2ncc(OC)c3c(C(=O)C(=O)O)c[nH]c23)n1.CCc1ncn(-c2ncc(OC)c3c(C(=O)C(=O)OC)c[nH]c23)n1.CO. The van der Waals surface area contributed by atoms with E-state index in [4.69, 9.17) is 19.7 Å². The van der Waals surface area contributed by atoms with E-state index in [2.05, 4.69) is 44.8 Å². The molecule has 0 saturated carbocycles. The van der Waals surface area contributed by atoms with Crippen molar-refractivity contribution in [1.29, 1.82) is 0 Å². The first-order valence-corrected chi connectivity index (χ1v) is 14.4. The molecule has 19 heteroatoms. The number of H-pyrrole nitrogens is 2. The van der Waals surface area contributed by atoms with E-state index in [1.54, 1.807) is 0 Å². The summed E-state index contributed by atoms with van der Waals surface area (Å²) in [4.78, 5) is 69.3. The molecule has 6 aromatic rings. The van der Waals surface area contributed by atoms with Gasteiger partial charge in [-0.2, -0.15) is 0 Å². The summed E-state index contributed by atoms with van der Waals surface area (Å²) < 4.78 is 17.9. The number of carboxylic acids is 1. The Morgan fingerprint density at radius 3 is 1.48 bits per heavy atom. The Labute approximate surface area is 284 Å². The zero-order valence-corrected chi connectivity index (χ0v) is 27.2. The van der Waals surface area contributed by atoms with Gasteiger partial charge in [-0.05, 0) is 0 Å². The summed E-state index contributed by atoms with van der Waals surface area (Å²) in [6.45, 7) is 3.87. The molecule has 0 atom stereocenters. The average Bonchev–Trinajstić information content (AvgIpc) is 3.97. The van der Waals surface area contributed by atoms with Gasteiger partial charge in [-0.3, -0.25) is 9.59 Å². The Kier molecular flexibility index (Phi) is 12.6. The lowest BCUT2D eigenvalue weighted by Crippen LogP contribution is -2.15. The molecule has 50 heavy (non-hydrogen) atoms. The zero-order valence-electron chi connectivity index (χ0n) is 27.2. The molecular weight excluding hydrogens is 656 g/mol. The predicted octanol–water partition coefficient (Wildman–Crippen LogP) is 2.30. The number of hydrogen-bond donors (Lipinski definition) is 4. The molecule has 0 aliphatic rings. The van der Waals surface area contributed by atoms with Gasteiger partial charge in [0.1, 0.15) is 24.2 Å². The third-order valence-electron chi connectivity index (χ3n) is 6.95. The maximum absolute atomic E-state index is 12.2. The van der Waals surface area contributed by atoms with Crippen LogP contribution in [-0.2, 0) is 27.2 Å². The number of aromatic amines is 2. The smallest absolute Gasteiger partial charge is 0.379 e. The summed E-state index contributed by atoms with van der Waals surface area (Å²) in [5.74, 6) is -1.48. The minimum absolute atomic E-state index is 0. The van der Waals surface area contributed by atoms with Crippen LogP contribution in [-0.4, -0.2) is 112 Å². The van der Waals surface area contributed by atoms with Crippen molar-refractivity contribution >= 4 is 45.3 Å². The lowest BCUT2D eigenvalue weighted by atomic mass is 10.1. The third kappa shape index (κ3) is 7.16. The Hall–Kier alpha value is -6.50. The predicted molar refractivity (Wildman–Crippen MR) is 177 cm³/mol. The van der Waals surface area contributed by atoms with Crippen LogP contribution in [0.2, 0.25) is 0 Å². The summed E-state index contributed by atoms with van der Waals surface area (Å²) in [5, 5.41) is 25.3. The summed E-state index contributed by atoms with van der Waals surface area (Å²) >= 11 is 0. The number of aliphatic hydroxyl groups is 1. The van der Waals surface area contributed by atoms with Crippen molar-refractivity contribution in [2.45, 2.75) is 34.1 Å². The summed E-state index contributed by atoms with van der Waals surface area (Å²) in [6.07, 6.45) is 10.0. The lowest BCUT2D eigenvalue weighted by Gasteiger charge is -2.07. The van der Waals surface area contributed by atoms with Gasteiger partial charge in [-0.25, -0.2) is 38.9 Å². The van der Waals surface area contributed by atoms with Crippen molar-refractivity contribution in [2.24, 2.45) is 0 Å². The van der Waals surface area contributed by atoms with E-state index in [0.717, 1.165) is 14.2 Å². The molecule has 6 rings (SSSR count). The molecule has 0 aromatic carbocycles. The van der Waals surface area contributed by atoms with Gasteiger partial charge in [0.2, 0.25) is 0 Å². The van der Waals surface area contributed by atoms with Crippen molar-refractivity contribution in [2.75, 3.05) is 28.4 Å². The second-order valence-electron chi connectivity index (χ2n) is 9.58. The monoisotopic (exact) mass is 692 g/mol. The van der Waals surface area contributed by atoms with Crippen molar-refractivity contribution in [1.82, 2.24) is 49.5 Å². The molecule has 0 aliphatic heterocycles. The number of rotatable bonds is 10. The number of hydrogen-bond acceptors (Lipinski definition) is 14. The standard InChI is InChI=1S/C15H15N5O4.C14H13N5O4.CH4O.CH4/c1-4-10-18-7-20(19-10)14-12-11(9(23-2)6-17-14)8(5-16-12)13(21)15(22)24-3;1-3-9-17-6-19(18-9)13-11-10(8(23-2)5-16-13)7(4-15-11)12(20)14(21)22;1-2;/h5-7,16H,4H2,1-3H3;4-6,15H,3H2,1-2H3,(H,21,22);2H,1H3;1H4. The van der Waals surface area contributed by atoms with Crippen molar-refractivity contribution in [3.8, 4) is 23.1 Å². The molecule has 0 bridgehead atoms. The van der Waals surface area contributed by atoms with Gasteiger partial charge in [0.25, 0.3) is 11.6 Å². The van der Waals surface area contributed by atoms with Crippen LogP contribution in [0.25, 0.3) is 33.4 Å². The normalized spacial score (nSPS) is 10.3. The molecule has 4 N–H and O–H groups in total.